The molecule has 3 N–H and O–H groups in total. The Balaban J connectivity index is 2.27. The van der Waals surface area contributed by atoms with Crippen LogP contribution in [0.5, 0.6) is 0 Å². The molecule has 0 aromatic heterocycles. The van der Waals surface area contributed by atoms with Gasteiger partial charge in [-0.05, 0) is 52.3 Å². The molecule has 0 bridgehead atoms. The molecule has 2 aromatic rings. The molecule has 2 rings (SSSR count). The lowest BCUT2D eigenvalue weighted by molar-refractivity contribution is 0.0992. The van der Waals surface area contributed by atoms with Gasteiger partial charge in [0.25, 0.3) is 11.8 Å². The lowest BCUT2D eigenvalue weighted by Crippen LogP contribution is -2.16. The summed E-state index contributed by atoms with van der Waals surface area (Å²) in [4.78, 5) is 23.2. The summed E-state index contributed by atoms with van der Waals surface area (Å²) in [5.74, 6) is -2.02. The minimum absolute atomic E-state index is 0.275. The lowest BCUT2D eigenvalue weighted by Gasteiger charge is -2.08. The van der Waals surface area contributed by atoms with Crippen molar-refractivity contribution in [3.63, 3.8) is 0 Å². The van der Waals surface area contributed by atoms with Crippen LogP contribution in [0.2, 0.25) is 0 Å². The zero-order chi connectivity index (χ0) is 15.6. The van der Waals surface area contributed by atoms with Gasteiger partial charge in [0.2, 0.25) is 0 Å². The number of nitrogens with one attached hydrogen (secondary N) is 1. The SMILES string of the molecule is NC(=O)c1cc(NC(=O)c2ccc(Br)cc2Br)ccc1F. The van der Waals surface area contributed by atoms with E-state index in [9.17, 15) is 14.0 Å². The highest BCUT2D eigenvalue weighted by Crippen LogP contribution is 2.23. The number of carbonyl (C=O) groups excluding carboxylic acids is 2. The van der Waals surface area contributed by atoms with Crippen LogP contribution in [0.1, 0.15) is 20.7 Å². The van der Waals surface area contributed by atoms with Gasteiger partial charge in [0.05, 0.1) is 11.1 Å². The van der Waals surface area contributed by atoms with Crippen LogP contribution in [-0.2, 0) is 0 Å². The van der Waals surface area contributed by atoms with E-state index in [-0.39, 0.29) is 11.3 Å². The van der Waals surface area contributed by atoms with Crippen LogP contribution in [0.15, 0.2) is 45.3 Å². The second kappa shape index (κ2) is 6.36. The van der Waals surface area contributed by atoms with Crippen LogP contribution < -0.4 is 11.1 Å². The first-order valence-corrected chi connectivity index (χ1v) is 7.33. The summed E-state index contributed by atoms with van der Waals surface area (Å²) in [6.45, 7) is 0. The number of rotatable bonds is 3. The van der Waals surface area contributed by atoms with E-state index in [1.807, 2.05) is 0 Å². The Labute approximate surface area is 136 Å². The van der Waals surface area contributed by atoms with Gasteiger partial charge in [-0.1, -0.05) is 15.9 Å². The van der Waals surface area contributed by atoms with Crippen LogP contribution in [0, 0.1) is 5.82 Å². The molecule has 7 heteroatoms. The molecule has 0 heterocycles. The van der Waals surface area contributed by atoms with Gasteiger partial charge < -0.3 is 11.1 Å². The molecule has 0 aliphatic rings. The van der Waals surface area contributed by atoms with Crippen molar-refractivity contribution in [2.45, 2.75) is 0 Å². The highest BCUT2D eigenvalue weighted by atomic mass is 79.9. The van der Waals surface area contributed by atoms with Crippen molar-refractivity contribution in [1.29, 1.82) is 0 Å². The molecular weight excluding hydrogens is 407 g/mol. The van der Waals surface area contributed by atoms with E-state index in [1.54, 1.807) is 18.2 Å². The lowest BCUT2D eigenvalue weighted by atomic mass is 10.1. The summed E-state index contributed by atoms with van der Waals surface area (Å²) < 4.78 is 14.8. The second-order valence-corrected chi connectivity index (χ2v) is 5.91. The first kappa shape index (κ1) is 15.7. The zero-order valence-electron chi connectivity index (χ0n) is 10.5. The van der Waals surface area contributed by atoms with Crippen molar-refractivity contribution in [3.8, 4) is 0 Å². The normalized spacial score (nSPS) is 10.2. The van der Waals surface area contributed by atoms with Gasteiger partial charge >= 0.3 is 0 Å². The van der Waals surface area contributed by atoms with Gasteiger partial charge in [-0.15, -0.1) is 0 Å². The summed E-state index contributed by atoms with van der Waals surface area (Å²) in [7, 11) is 0. The van der Waals surface area contributed by atoms with Crippen molar-refractivity contribution in [1.82, 2.24) is 0 Å². The standard InChI is InChI=1S/C14H9Br2FN2O2/c15-7-1-3-9(11(16)5-7)14(21)19-8-2-4-12(17)10(6-8)13(18)20/h1-6H,(H2,18,20)(H,19,21). The fourth-order valence-corrected chi connectivity index (χ4v) is 2.89. The van der Waals surface area contributed by atoms with Gasteiger partial charge in [-0.3, -0.25) is 9.59 Å². The van der Waals surface area contributed by atoms with Crippen molar-refractivity contribution in [3.05, 3.63) is 62.3 Å². The molecular formula is C14H9Br2FN2O2. The van der Waals surface area contributed by atoms with Crippen molar-refractivity contribution in [2.75, 3.05) is 5.32 Å². The predicted molar refractivity (Wildman–Crippen MR) is 84.7 cm³/mol. The third-order valence-corrected chi connectivity index (χ3v) is 3.81. The highest BCUT2D eigenvalue weighted by Gasteiger charge is 2.13. The van der Waals surface area contributed by atoms with E-state index in [0.717, 1.165) is 10.5 Å². The fraction of sp³-hybridized carbons (Fsp3) is 0. The third-order valence-electron chi connectivity index (χ3n) is 2.67. The number of amides is 2. The summed E-state index contributed by atoms with van der Waals surface area (Å²) in [5.41, 5.74) is 5.47. The molecule has 21 heavy (non-hydrogen) atoms. The van der Waals surface area contributed by atoms with Gasteiger partial charge in [0.15, 0.2) is 0 Å². The molecule has 0 unspecified atom stereocenters. The molecule has 0 atom stereocenters. The van der Waals surface area contributed by atoms with Crippen LogP contribution in [0.25, 0.3) is 0 Å². The van der Waals surface area contributed by atoms with Crippen LogP contribution in [-0.4, -0.2) is 11.8 Å². The number of primary amides is 1. The number of halogens is 3. The first-order chi connectivity index (χ1) is 9.88. The maximum absolute atomic E-state index is 13.4. The van der Waals surface area contributed by atoms with Gasteiger partial charge in [-0.2, -0.15) is 0 Å². The van der Waals surface area contributed by atoms with Gasteiger partial charge in [0, 0.05) is 14.6 Å². The van der Waals surface area contributed by atoms with Crippen LogP contribution in [0.4, 0.5) is 10.1 Å². The van der Waals surface area contributed by atoms with E-state index in [4.69, 9.17) is 5.73 Å². The Morgan fingerprint density at radius 1 is 1.05 bits per heavy atom. The molecule has 0 radical (unpaired) electrons. The van der Waals surface area contributed by atoms with Crippen LogP contribution in [0.3, 0.4) is 0 Å². The highest BCUT2D eigenvalue weighted by molar-refractivity contribution is 9.11. The topological polar surface area (TPSA) is 72.2 Å². The maximum atomic E-state index is 13.4. The monoisotopic (exact) mass is 414 g/mol. The first-order valence-electron chi connectivity index (χ1n) is 5.74. The summed E-state index contributed by atoms with van der Waals surface area (Å²) >= 11 is 6.58. The molecule has 0 saturated heterocycles. The summed E-state index contributed by atoms with van der Waals surface area (Å²) in [6.07, 6.45) is 0. The van der Waals surface area contributed by atoms with E-state index < -0.39 is 17.6 Å². The largest absolute Gasteiger partial charge is 0.366 e. The number of nitrogens with two attached hydrogens (primary N) is 1. The Hall–Kier alpha value is -1.73. The predicted octanol–water partition coefficient (Wildman–Crippen LogP) is 3.70. The molecule has 0 saturated carbocycles. The molecule has 2 amide bonds. The average Bonchev–Trinajstić information content (AvgIpc) is 2.40. The van der Waals surface area contributed by atoms with E-state index in [2.05, 4.69) is 37.2 Å². The van der Waals surface area contributed by atoms with Gasteiger partial charge in [0.1, 0.15) is 5.82 Å². The quantitative estimate of drug-likeness (QED) is 0.802. The second-order valence-electron chi connectivity index (χ2n) is 4.14. The molecule has 0 aliphatic carbocycles. The van der Waals surface area contributed by atoms with Crippen molar-refractivity contribution >= 4 is 49.4 Å². The number of anilines is 1. The molecule has 0 fully saturated rings. The molecule has 2 aromatic carbocycles. The smallest absolute Gasteiger partial charge is 0.256 e. The molecule has 0 spiro atoms. The zero-order valence-corrected chi connectivity index (χ0v) is 13.7. The van der Waals surface area contributed by atoms with Gasteiger partial charge in [-0.25, -0.2) is 4.39 Å². The van der Waals surface area contributed by atoms with E-state index >= 15 is 0 Å². The minimum atomic E-state index is -0.895. The molecule has 4 nitrogen and oxygen atoms in total. The average molecular weight is 416 g/mol. The minimum Gasteiger partial charge on any atom is -0.366 e. The Bertz CT molecular complexity index is 735. The number of carbonyl (C=O) groups is 2. The number of hydrogen-bond acceptors (Lipinski definition) is 2. The van der Waals surface area contributed by atoms with E-state index in [1.165, 1.54) is 12.1 Å². The fourth-order valence-electron chi connectivity index (χ4n) is 1.66. The Morgan fingerprint density at radius 2 is 1.76 bits per heavy atom. The third kappa shape index (κ3) is 3.68. The Kier molecular flexibility index (Phi) is 4.74. The van der Waals surface area contributed by atoms with Crippen LogP contribution >= 0.6 is 31.9 Å². The van der Waals surface area contributed by atoms with Crippen molar-refractivity contribution < 1.29 is 14.0 Å². The maximum Gasteiger partial charge on any atom is 0.256 e. The number of benzene rings is 2. The summed E-state index contributed by atoms with van der Waals surface area (Å²) in [6, 6.07) is 8.71. The van der Waals surface area contributed by atoms with Crippen molar-refractivity contribution in [2.24, 2.45) is 5.73 Å². The number of hydrogen-bond donors (Lipinski definition) is 2. The van der Waals surface area contributed by atoms with E-state index in [0.29, 0.717) is 10.0 Å². The summed E-state index contributed by atoms with van der Waals surface area (Å²) in [5, 5.41) is 2.58. The molecule has 0 aliphatic heterocycles. The molecule has 108 valence electrons. The Morgan fingerprint density at radius 3 is 2.38 bits per heavy atom.